The fourth-order valence-electron chi connectivity index (χ4n) is 3.93. The van der Waals surface area contributed by atoms with E-state index in [1.165, 1.54) is 17.4 Å². The Morgan fingerprint density at radius 1 is 1.21 bits per heavy atom. The molecule has 1 aliphatic carbocycles. The fraction of sp³-hybridized carbons (Fsp3) is 0.346. The number of hydrogen-bond donors (Lipinski definition) is 0. The molecule has 0 radical (unpaired) electrons. The number of hydrogen-bond acceptors (Lipinski definition) is 5. The van der Waals surface area contributed by atoms with Crippen molar-refractivity contribution in [3.05, 3.63) is 60.4 Å². The molecule has 0 aliphatic heterocycles. The van der Waals surface area contributed by atoms with Crippen LogP contribution in [0, 0.1) is 17.7 Å². The Bertz CT molecular complexity index is 1310. The summed E-state index contributed by atoms with van der Waals surface area (Å²) in [6.45, 7) is 5.25. The van der Waals surface area contributed by atoms with Crippen molar-refractivity contribution in [2.75, 3.05) is 0 Å². The lowest BCUT2D eigenvalue weighted by molar-refractivity contribution is -0.118. The van der Waals surface area contributed by atoms with Crippen molar-refractivity contribution < 1.29 is 13.9 Å². The number of rotatable bonds is 9. The molecule has 5 rings (SSSR count). The lowest BCUT2D eigenvalue weighted by Crippen LogP contribution is -2.04. The Morgan fingerprint density at radius 3 is 2.82 bits per heavy atom. The van der Waals surface area contributed by atoms with Gasteiger partial charge in [-0.3, -0.25) is 9.78 Å². The van der Waals surface area contributed by atoms with Crippen LogP contribution in [0.3, 0.4) is 0 Å². The van der Waals surface area contributed by atoms with Gasteiger partial charge in [-0.2, -0.15) is 0 Å². The zero-order valence-corrected chi connectivity index (χ0v) is 19.6. The number of Topliss-reactive ketones (excluding diaryl/α,β-unsaturated/α-hetero) is 1. The van der Waals surface area contributed by atoms with Crippen LogP contribution in [0.1, 0.15) is 38.7 Å². The summed E-state index contributed by atoms with van der Waals surface area (Å²) in [6.07, 6.45) is 8.69. The molecular formula is C26H26FN3O2S. The number of carbonyl (C=O) groups is 1. The van der Waals surface area contributed by atoms with Gasteiger partial charge in [-0.15, -0.1) is 11.3 Å². The van der Waals surface area contributed by atoms with Crippen LogP contribution < -0.4 is 4.74 Å². The Labute approximate surface area is 196 Å². The zero-order chi connectivity index (χ0) is 22.9. The predicted molar refractivity (Wildman–Crippen MR) is 128 cm³/mol. The molecule has 0 amide bonds. The number of aromatic nitrogens is 3. The molecule has 1 fully saturated rings. The molecule has 0 N–H and O–H groups in total. The van der Waals surface area contributed by atoms with E-state index in [-0.39, 0.29) is 18.0 Å². The molecule has 170 valence electrons. The molecule has 0 spiro atoms. The number of ketones is 1. The normalized spacial score (nSPS) is 13.7. The van der Waals surface area contributed by atoms with Crippen molar-refractivity contribution in [1.82, 2.24) is 14.5 Å². The SMILES string of the molecule is CC(C)Cn1cnc(-c2cc3nccc(Oc4ccc(CC(=O)CC5CC5)cc4F)c3s2)c1. The van der Waals surface area contributed by atoms with Gasteiger partial charge >= 0.3 is 0 Å². The summed E-state index contributed by atoms with van der Waals surface area (Å²) in [5, 5.41) is 0. The molecule has 3 aromatic heterocycles. The maximum atomic E-state index is 14.8. The van der Waals surface area contributed by atoms with Gasteiger partial charge in [0.1, 0.15) is 11.5 Å². The van der Waals surface area contributed by atoms with Gasteiger partial charge in [-0.05, 0) is 48.4 Å². The molecular weight excluding hydrogens is 437 g/mol. The Balaban J connectivity index is 1.35. The average molecular weight is 464 g/mol. The third-order valence-electron chi connectivity index (χ3n) is 5.67. The molecule has 0 atom stereocenters. The van der Waals surface area contributed by atoms with Crippen molar-refractivity contribution >= 4 is 27.3 Å². The molecule has 1 aliphatic rings. The van der Waals surface area contributed by atoms with E-state index in [4.69, 9.17) is 4.74 Å². The van der Waals surface area contributed by atoms with E-state index in [1.807, 2.05) is 18.6 Å². The zero-order valence-electron chi connectivity index (χ0n) is 18.8. The van der Waals surface area contributed by atoms with Crippen LogP contribution in [-0.4, -0.2) is 20.3 Å². The molecule has 1 saturated carbocycles. The first-order valence-corrected chi connectivity index (χ1v) is 12.1. The maximum Gasteiger partial charge on any atom is 0.166 e. The second kappa shape index (κ2) is 9.06. The van der Waals surface area contributed by atoms with Gasteiger partial charge in [-0.1, -0.05) is 19.9 Å². The van der Waals surface area contributed by atoms with Crippen LogP contribution >= 0.6 is 11.3 Å². The number of pyridine rings is 1. The number of benzene rings is 1. The first-order chi connectivity index (χ1) is 15.9. The molecule has 0 unspecified atom stereocenters. The third kappa shape index (κ3) is 5.14. The van der Waals surface area contributed by atoms with Gasteiger partial charge in [0.15, 0.2) is 11.6 Å². The standard InChI is InChI=1S/C26H26FN3O2S/c1-16(2)13-30-14-22(29-15-30)25-12-21-26(33-25)24(7-8-28-21)32-23-6-5-18(11-20(23)27)10-19(31)9-17-3-4-17/h5-8,11-12,14-17H,3-4,9-10,13H2,1-2H3. The number of halogens is 1. The highest BCUT2D eigenvalue weighted by molar-refractivity contribution is 7.22. The lowest BCUT2D eigenvalue weighted by atomic mass is 10.0. The van der Waals surface area contributed by atoms with Gasteiger partial charge < -0.3 is 9.30 Å². The molecule has 0 saturated heterocycles. The van der Waals surface area contributed by atoms with Crippen molar-refractivity contribution in [3.8, 4) is 22.1 Å². The molecule has 7 heteroatoms. The summed E-state index contributed by atoms with van der Waals surface area (Å²) < 4.78 is 23.7. The Morgan fingerprint density at radius 2 is 2.06 bits per heavy atom. The summed E-state index contributed by atoms with van der Waals surface area (Å²) in [6, 6.07) is 8.50. The van der Waals surface area contributed by atoms with E-state index in [2.05, 4.69) is 28.4 Å². The maximum absolute atomic E-state index is 14.8. The average Bonchev–Trinajstić information content (AvgIpc) is 3.27. The van der Waals surface area contributed by atoms with E-state index in [0.29, 0.717) is 29.6 Å². The predicted octanol–water partition coefficient (Wildman–Crippen LogP) is 6.66. The van der Waals surface area contributed by atoms with Gasteiger partial charge in [0, 0.05) is 37.8 Å². The molecule has 3 heterocycles. The first-order valence-electron chi connectivity index (χ1n) is 11.3. The van der Waals surface area contributed by atoms with Crippen molar-refractivity contribution in [2.45, 2.75) is 46.1 Å². The Hall–Kier alpha value is -3.06. The van der Waals surface area contributed by atoms with Gasteiger partial charge in [-0.25, -0.2) is 9.37 Å². The summed E-state index contributed by atoms with van der Waals surface area (Å²) >= 11 is 1.53. The minimum absolute atomic E-state index is 0.136. The van der Waals surface area contributed by atoms with Crippen LogP contribution in [0.5, 0.6) is 11.5 Å². The number of thiophene rings is 1. The van der Waals surface area contributed by atoms with Crippen molar-refractivity contribution in [1.29, 1.82) is 0 Å². The smallest absolute Gasteiger partial charge is 0.166 e. The van der Waals surface area contributed by atoms with Crippen LogP contribution in [-0.2, 0) is 17.8 Å². The number of ether oxygens (including phenoxy) is 1. The molecule has 4 aromatic rings. The van der Waals surface area contributed by atoms with Crippen LogP contribution in [0.25, 0.3) is 20.8 Å². The minimum Gasteiger partial charge on any atom is -0.453 e. The van der Waals surface area contributed by atoms with E-state index < -0.39 is 5.82 Å². The van der Waals surface area contributed by atoms with E-state index >= 15 is 0 Å². The first kappa shape index (κ1) is 21.8. The second-order valence-electron chi connectivity index (χ2n) is 9.21. The van der Waals surface area contributed by atoms with Gasteiger partial charge in [0.25, 0.3) is 0 Å². The largest absolute Gasteiger partial charge is 0.453 e. The molecule has 0 bridgehead atoms. The van der Waals surface area contributed by atoms with E-state index in [9.17, 15) is 9.18 Å². The molecule has 33 heavy (non-hydrogen) atoms. The van der Waals surface area contributed by atoms with E-state index in [0.717, 1.165) is 40.2 Å². The summed E-state index contributed by atoms with van der Waals surface area (Å²) in [7, 11) is 0. The number of carbonyl (C=O) groups excluding carboxylic acids is 1. The highest BCUT2D eigenvalue weighted by Gasteiger charge is 2.24. The summed E-state index contributed by atoms with van der Waals surface area (Å²) in [4.78, 5) is 22.1. The molecule has 1 aromatic carbocycles. The topological polar surface area (TPSA) is 57.0 Å². The van der Waals surface area contributed by atoms with Gasteiger partial charge in [0.05, 0.1) is 27.1 Å². The number of fused-ring (bicyclic) bond motifs is 1. The molecule has 5 nitrogen and oxygen atoms in total. The Kier molecular flexibility index (Phi) is 5.98. The van der Waals surface area contributed by atoms with Gasteiger partial charge in [0.2, 0.25) is 0 Å². The quantitative estimate of drug-likeness (QED) is 0.279. The minimum atomic E-state index is -0.471. The third-order valence-corrected chi connectivity index (χ3v) is 6.83. The van der Waals surface area contributed by atoms with Crippen molar-refractivity contribution in [3.63, 3.8) is 0 Å². The van der Waals surface area contributed by atoms with Crippen molar-refractivity contribution in [2.24, 2.45) is 11.8 Å². The monoisotopic (exact) mass is 463 g/mol. The summed E-state index contributed by atoms with van der Waals surface area (Å²) in [5.41, 5.74) is 2.35. The highest BCUT2D eigenvalue weighted by Crippen LogP contribution is 2.39. The van der Waals surface area contributed by atoms with Crippen LogP contribution in [0.15, 0.2) is 49.1 Å². The van der Waals surface area contributed by atoms with Crippen LogP contribution in [0.2, 0.25) is 0 Å². The number of imidazole rings is 1. The number of nitrogens with zero attached hydrogens (tertiary/aromatic N) is 3. The second-order valence-corrected chi connectivity index (χ2v) is 10.3. The van der Waals surface area contributed by atoms with E-state index in [1.54, 1.807) is 24.4 Å². The highest BCUT2D eigenvalue weighted by atomic mass is 32.1. The fourth-order valence-corrected chi connectivity index (χ4v) is 4.96. The lowest BCUT2D eigenvalue weighted by Gasteiger charge is -2.09. The van der Waals surface area contributed by atoms with Crippen LogP contribution in [0.4, 0.5) is 4.39 Å². The summed E-state index contributed by atoms with van der Waals surface area (Å²) in [5.74, 6) is 1.46.